The summed E-state index contributed by atoms with van der Waals surface area (Å²) in [4.78, 5) is 38.8. The van der Waals surface area contributed by atoms with Gasteiger partial charge in [0, 0.05) is 68.7 Å². The standard InChI is InChI=1S/C31H42FN7O4/c1-7-39(30(41)43-31(3,4)5)22-10-13-37(14-11-22)26-9-8-23(27(33)24(26)17-34-12-15-42-6)29(40)36-21-16-25(32)28-35-20(2)18-38(28)19-21/h8-9,16-19,22H,7,10-15,33H2,1-6H3,(H,36,40). The third-order valence-electron chi connectivity index (χ3n) is 7.25. The summed E-state index contributed by atoms with van der Waals surface area (Å²) in [6.07, 6.45) is 6.15. The highest BCUT2D eigenvalue weighted by molar-refractivity contribution is 6.11. The van der Waals surface area contributed by atoms with E-state index in [4.69, 9.17) is 15.2 Å². The molecule has 12 heteroatoms. The van der Waals surface area contributed by atoms with Gasteiger partial charge in [0.25, 0.3) is 5.91 Å². The lowest BCUT2D eigenvalue weighted by atomic mass is 9.99. The third kappa shape index (κ3) is 7.61. The van der Waals surface area contributed by atoms with Gasteiger partial charge in [0.2, 0.25) is 0 Å². The van der Waals surface area contributed by atoms with Crippen LogP contribution in [0.3, 0.4) is 0 Å². The van der Waals surface area contributed by atoms with Crippen LogP contribution in [0.1, 0.15) is 62.2 Å². The quantitative estimate of drug-likeness (QED) is 0.205. The number of aliphatic imine (C=N–C) groups is 1. The monoisotopic (exact) mass is 595 g/mol. The smallest absolute Gasteiger partial charge is 0.410 e. The van der Waals surface area contributed by atoms with Gasteiger partial charge in [-0.25, -0.2) is 14.2 Å². The highest BCUT2D eigenvalue weighted by Gasteiger charge is 2.31. The van der Waals surface area contributed by atoms with Gasteiger partial charge in [-0.3, -0.25) is 9.79 Å². The van der Waals surface area contributed by atoms with E-state index in [0.717, 1.165) is 18.5 Å². The molecule has 1 aliphatic heterocycles. The number of methoxy groups -OCH3 is 1. The van der Waals surface area contributed by atoms with Gasteiger partial charge in [0.15, 0.2) is 11.5 Å². The molecule has 1 saturated heterocycles. The molecule has 43 heavy (non-hydrogen) atoms. The van der Waals surface area contributed by atoms with Crippen LogP contribution in [0.25, 0.3) is 5.65 Å². The normalized spacial score (nSPS) is 14.4. The molecule has 3 heterocycles. The molecule has 1 aromatic carbocycles. The van der Waals surface area contributed by atoms with Gasteiger partial charge < -0.3 is 34.7 Å². The molecular formula is C31H42FN7O4. The Hall–Kier alpha value is -4.19. The van der Waals surface area contributed by atoms with E-state index in [-0.39, 0.29) is 34.7 Å². The minimum atomic E-state index is -0.562. The van der Waals surface area contributed by atoms with Crippen molar-refractivity contribution in [3.8, 4) is 0 Å². The zero-order chi connectivity index (χ0) is 31.3. The number of hydrogen-bond donors (Lipinski definition) is 2. The number of amides is 2. The number of rotatable bonds is 9. The number of piperidine rings is 1. The topological polar surface area (TPSA) is 127 Å². The molecule has 2 aromatic heterocycles. The predicted molar refractivity (Wildman–Crippen MR) is 167 cm³/mol. The van der Waals surface area contributed by atoms with E-state index in [2.05, 4.69) is 20.2 Å². The van der Waals surface area contributed by atoms with Crippen molar-refractivity contribution >= 4 is 40.9 Å². The first-order valence-corrected chi connectivity index (χ1v) is 14.5. The minimum Gasteiger partial charge on any atom is -0.444 e. The number of aryl methyl sites for hydroxylation is 1. The molecule has 3 aromatic rings. The summed E-state index contributed by atoms with van der Waals surface area (Å²) in [5.74, 6) is -1.02. The number of imidazole rings is 1. The van der Waals surface area contributed by atoms with Crippen LogP contribution in [-0.2, 0) is 9.47 Å². The van der Waals surface area contributed by atoms with E-state index in [0.29, 0.717) is 44.0 Å². The number of fused-ring (bicyclic) bond motifs is 1. The van der Waals surface area contributed by atoms with Crippen LogP contribution in [0, 0.1) is 12.7 Å². The number of carbonyl (C=O) groups excluding carboxylic acids is 2. The second-order valence-corrected chi connectivity index (χ2v) is 11.6. The number of nitrogens with two attached hydrogens (primary N) is 1. The van der Waals surface area contributed by atoms with Crippen molar-refractivity contribution in [1.29, 1.82) is 0 Å². The summed E-state index contributed by atoms with van der Waals surface area (Å²) in [7, 11) is 1.60. The van der Waals surface area contributed by atoms with E-state index in [9.17, 15) is 14.0 Å². The Kier molecular flexibility index (Phi) is 9.90. The zero-order valence-corrected chi connectivity index (χ0v) is 25.8. The number of carbonyl (C=O) groups is 2. The molecule has 0 aliphatic carbocycles. The van der Waals surface area contributed by atoms with E-state index < -0.39 is 17.3 Å². The molecule has 232 valence electrons. The molecule has 3 N–H and O–H groups in total. The summed E-state index contributed by atoms with van der Waals surface area (Å²) in [5.41, 5.74) is 9.15. The van der Waals surface area contributed by atoms with Crippen LogP contribution in [-0.4, -0.2) is 84.0 Å². The number of pyridine rings is 1. The van der Waals surface area contributed by atoms with E-state index in [1.807, 2.05) is 33.8 Å². The summed E-state index contributed by atoms with van der Waals surface area (Å²) in [6.45, 7) is 12.1. The lowest BCUT2D eigenvalue weighted by Gasteiger charge is -2.40. The maximum absolute atomic E-state index is 14.6. The lowest BCUT2D eigenvalue weighted by Crippen LogP contribution is -2.49. The van der Waals surface area contributed by atoms with Crippen molar-refractivity contribution in [3.63, 3.8) is 0 Å². The summed E-state index contributed by atoms with van der Waals surface area (Å²) in [6, 6.07) is 4.82. The molecule has 11 nitrogen and oxygen atoms in total. The summed E-state index contributed by atoms with van der Waals surface area (Å²) >= 11 is 0. The SMILES string of the molecule is CCN(C(=O)OC(C)(C)C)C1CCN(c2ccc(C(=O)Nc3cc(F)c4nc(C)cn4c3)c(N)c2C=NCCOC)CC1. The number of nitrogen functional groups attached to an aromatic ring is 1. The number of halogens is 1. The van der Waals surface area contributed by atoms with Crippen LogP contribution in [0.5, 0.6) is 0 Å². The fourth-order valence-corrected chi connectivity index (χ4v) is 5.26. The summed E-state index contributed by atoms with van der Waals surface area (Å²) < 4.78 is 26.9. The number of nitrogens with one attached hydrogen (secondary N) is 1. The van der Waals surface area contributed by atoms with Crippen LogP contribution in [0.15, 0.2) is 35.6 Å². The Balaban J connectivity index is 1.56. The van der Waals surface area contributed by atoms with Gasteiger partial charge in [-0.1, -0.05) is 0 Å². The third-order valence-corrected chi connectivity index (χ3v) is 7.25. The first kappa shape index (κ1) is 31.7. The van der Waals surface area contributed by atoms with Crippen molar-refractivity contribution in [2.45, 2.75) is 59.1 Å². The van der Waals surface area contributed by atoms with Crippen molar-refractivity contribution in [2.24, 2.45) is 4.99 Å². The van der Waals surface area contributed by atoms with Gasteiger partial charge in [0.05, 0.1) is 35.8 Å². The molecule has 0 unspecified atom stereocenters. The molecule has 0 atom stereocenters. The average Bonchev–Trinajstić information content (AvgIpc) is 3.32. The largest absolute Gasteiger partial charge is 0.444 e. The highest BCUT2D eigenvalue weighted by Crippen LogP contribution is 2.32. The Morgan fingerprint density at radius 3 is 2.63 bits per heavy atom. The van der Waals surface area contributed by atoms with Crippen molar-refractivity contribution in [3.05, 3.63) is 53.2 Å². The number of aromatic nitrogens is 2. The maximum atomic E-state index is 14.6. The van der Waals surface area contributed by atoms with Crippen molar-refractivity contribution < 1.29 is 23.5 Å². The molecule has 4 rings (SSSR count). The number of benzene rings is 1. The van der Waals surface area contributed by atoms with Gasteiger partial charge in [-0.05, 0) is 59.6 Å². The minimum absolute atomic E-state index is 0.0503. The Bertz CT molecular complexity index is 1490. The first-order chi connectivity index (χ1) is 20.4. The zero-order valence-electron chi connectivity index (χ0n) is 25.8. The number of ether oxygens (including phenoxy) is 2. The highest BCUT2D eigenvalue weighted by atomic mass is 19.1. The van der Waals surface area contributed by atoms with Crippen molar-refractivity contribution in [1.82, 2.24) is 14.3 Å². The van der Waals surface area contributed by atoms with Crippen LogP contribution in [0.4, 0.5) is 26.2 Å². The molecule has 1 fully saturated rings. The lowest BCUT2D eigenvalue weighted by molar-refractivity contribution is 0.0149. The Morgan fingerprint density at radius 1 is 1.26 bits per heavy atom. The fourth-order valence-electron chi connectivity index (χ4n) is 5.26. The second-order valence-electron chi connectivity index (χ2n) is 11.6. The van der Waals surface area contributed by atoms with Gasteiger partial charge in [-0.15, -0.1) is 0 Å². The van der Waals surface area contributed by atoms with Crippen LogP contribution >= 0.6 is 0 Å². The van der Waals surface area contributed by atoms with E-state index >= 15 is 0 Å². The molecule has 0 radical (unpaired) electrons. The molecule has 0 bridgehead atoms. The molecule has 1 aliphatic rings. The van der Waals surface area contributed by atoms with E-state index in [1.54, 1.807) is 43.6 Å². The Labute approximate surface area is 251 Å². The fraction of sp³-hybridized carbons (Fsp3) is 0.484. The van der Waals surface area contributed by atoms with E-state index in [1.165, 1.54) is 10.5 Å². The van der Waals surface area contributed by atoms with Gasteiger partial charge in [-0.2, -0.15) is 0 Å². The molecule has 0 saturated carbocycles. The predicted octanol–water partition coefficient (Wildman–Crippen LogP) is 4.91. The molecule has 0 spiro atoms. The molecular weight excluding hydrogens is 553 g/mol. The first-order valence-electron chi connectivity index (χ1n) is 14.5. The van der Waals surface area contributed by atoms with Gasteiger partial charge in [0.1, 0.15) is 5.60 Å². The number of nitrogens with zero attached hydrogens (tertiary/aromatic N) is 5. The van der Waals surface area contributed by atoms with Crippen LogP contribution in [0.2, 0.25) is 0 Å². The number of anilines is 3. The average molecular weight is 596 g/mol. The van der Waals surface area contributed by atoms with Crippen LogP contribution < -0.4 is 16.0 Å². The molecule has 2 amide bonds. The Morgan fingerprint density at radius 2 is 1.98 bits per heavy atom. The summed E-state index contributed by atoms with van der Waals surface area (Å²) in [5, 5.41) is 2.76. The van der Waals surface area contributed by atoms with Gasteiger partial charge >= 0.3 is 6.09 Å². The maximum Gasteiger partial charge on any atom is 0.410 e. The second kappa shape index (κ2) is 13.4. The van der Waals surface area contributed by atoms with Crippen molar-refractivity contribution in [2.75, 3.05) is 55.8 Å². The number of hydrogen-bond acceptors (Lipinski definition) is 8.